The average molecular weight is 417 g/mol. The maximum absolute atomic E-state index is 13.3. The number of dihydropyridines is 1. The summed E-state index contributed by atoms with van der Waals surface area (Å²) in [5.41, 5.74) is 4.46. The molecule has 1 N–H and O–H groups in total. The van der Waals surface area contributed by atoms with Crippen LogP contribution in [0.25, 0.3) is 0 Å². The Kier molecular flexibility index (Phi) is 4.98. The molecule has 3 aliphatic rings. The minimum atomic E-state index is -0.498. The van der Waals surface area contributed by atoms with Gasteiger partial charge in [0.25, 0.3) is 0 Å². The van der Waals surface area contributed by atoms with Crippen LogP contribution < -0.4 is 14.8 Å². The molecule has 2 aliphatic heterocycles. The Morgan fingerprint density at radius 1 is 1.10 bits per heavy atom. The molecule has 1 aliphatic carbocycles. The number of benzene rings is 2. The molecular weight excluding hydrogens is 394 g/mol. The first-order valence-corrected chi connectivity index (χ1v) is 10.5. The molecule has 2 aromatic carbocycles. The first-order chi connectivity index (χ1) is 15.1. The zero-order valence-corrected chi connectivity index (χ0v) is 17.3. The molecule has 0 aromatic heterocycles. The topological polar surface area (TPSA) is 73.9 Å². The quantitative estimate of drug-likeness (QED) is 0.755. The van der Waals surface area contributed by atoms with Gasteiger partial charge in [-0.15, -0.1) is 0 Å². The van der Waals surface area contributed by atoms with E-state index >= 15 is 0 Å². The summed E-state index contributed by atoms with van der Waals surface area (Å²) >= 11 is 0. The fraction of sp³-hybridized carbons (Fsp3) is 0.280. The third-order valence-electron chi connectivity index (χ3n) is 5.94. The molecule has 0 unspecified atom stereocenters. The minimum Gasteiger partial charge on any atom is -0.457 e. The van der Waals surface area contributed by atoms with Crippen molar-refractivity contribution in [3.8, 4) is 11.5 Å². The van der Waals surface area contributed by atoms with Gasteiger partial charge in [0.05, 0.1) is 5.57 Å². The molecule has 6 nitrogen and oxygen atoms in total. The number of esters is 1. The summed E-state index contributed by atoms with van der Waals surface area (Å²) in [6, 6.07) is 15.1. The zero-order chi connectivity index (χ0) is 21.4. The second kappa shape index (κ2) is 7.95. The van der Waals surface area contributed by atoms with Gasteiger partial charge in [0.2, 0.25) is 6.79 Å². The number of allylic oxidation sites excluding steroid dienone is 3. The van der Waals surface area contributed by atoms with Crippen molar-refractivity contribution >= 4 is 11.8 Å². The predicted octanol–water partition coefficient (Wildman–Crippen LogP) is 4.13. The summed E-state index contributed by atoms with van der Waals surface area (Å²) in [5, 5.41) is 3.31. The van der Waals surface area contributed by atoms with Crippen LogP contribution in [0.2, 0.25) is 0 Å². The van der Waals surface area contributed by atoms with E-state index < -0.39 is 11.9 Å². The molecule has 0 fully saturated rings. The second-order valence-electron chi connectivity index (χ2n) is 7.94. The molecule has 2 aromatic rings. The van der Waals surface area contributed by atoms with E-state index in [0.717, 1.165) is 29.7 Å². The van der Waals surface area contributed by atoms with Gasteiger partial charge >= 0.3 is 5.97 Å². The number of hydrogen-bond donors (Lipinski definition) is 1. The number of ether oxygens (including phenoxy) is 3. The van der Waals surface area contributed by atoms with Crippen LogP contribution in [0.15, 0.2) is 71.1 Å². The summed E-state index contributed by atoms with van der Waals surface area (Å²) in [7, 11) is 0. The van der Waals surface area contributed by atoms with Crippen LogP contribution in [0.4, 0.5) is 0 Å². The fourth-order valence-electron chi connectivity index (χ4n) is 4.48. The van der Waals surface area contributed by atoms with Crippen molar-refractivity contribution in [2.24, 2.45) is 0 Å². The van der Waals surface area contributed by atoms with Gasteiger partial charge in [-0.1, -0.05) is 36.4 Å². The number of nitrogens with one attached hydrogen (secondary N) is 1. The van der Waals surface area contributed by atoms with Crippen LogP contribution in [-0.2, 0) is 20.9 Å². The summed E-state index contributed by atoms with van der Waals surface area (Å²) in [5.74, 6) is 0.424. The van der Waals surface area contributed by atoms with Crippen molar-refractivity contribution in [1.82, 2.24) is 5.32 Å². The average Bonchev–Trinajstić information content (AvgIpc) is 3.25. The molecule has 5 rings (SSSR count). The van der Waals surface area contributed by atoms with E-state index in [-0.39, 0.29) is 19.2 Å². The minimum absolute atomic E-state index is 0.0669. The Morgan fingerprint density at radius 3 is 2.74 bits per heavy atom. The molecule has 2 heterocycles. The molecule has 6 heteroatoms. The van der Waals surface area contributed by atoms with Crippen LogP contribution in [0, 0.1) is 0 Å². The first kappa shape index (κ1) is 19.4. The highest BCUT2D eigenvalue weighted by molar-refractivity contribution is 6.03. The van der Waals surface area contributed by atoms with Gasteiger partial charge in [-0.25, -0.2) is 4.79 Å². The van der Waals surface area contributed by atoms with Crippen molar-refractivity contribution in [2.75, 3.05) is 6.79 Å². The van der Waals surface area contributed by atoms with E-state index in [0.29, 0.717) is 34.8 Å². The Labute approximate surface area is 180 Å². The Morgan fingerprint density at radius 2 is 1.90 bits per heavy atom. The van der Waals surface area contributed by atoms with Crippen LogP contribution in [0.1, 0.15) is 43.2 Å². The predicted molar refractivity (Wildman–Crippen MR) is 113 cm³/mol. The smallest absolute Gasteiger partial charge is 0.337 e. The molecule has 31 heavy (non-hydrogen) atoms. The summed E-state index contributed by atoms with van der Waals surface area (Å²) in [6.07, 6.45) is 2.07. The molecule has 0 spiro atoms. The summed E-state index contributed by atoms with van der Waals surface area (Å²) in [6.45, 7) is 2.20. The molecule has 1 atom stereocenters. The SMILES string of the molecule is CC1=C(C(=O)OCc2ccccc2)[C@H](c2ccc3c(c2)OCO3)C2=C(CCCC2=O)N1. The summed E-state index contributed by atoms with van der Waals surface area (Å²) < 4.78 is 16.7. The van der Waals surface area contributed by atoms with Crippen molar-refractivity contribution in [2.45, 2.75) is 38.7 Å². The van der Waals surface area contributed by atoms with Gasteiger partial charge in [-0.3, -0.25) is 4.79 Å². The molecule has 0 amide bonds. The van der Waals surface area contributed by atoms with E-state index in [1.165, 1.54) is 0 Å². The Hall–Kier alpha value is -3.54. The number of rotatable bonds is 4. The number of carbonyl (C=O) groups is 2. The van der Waals surface area contributed by atoms with Crippen molar-refractivity contribution in [3.63, 3.8) is 0 Å². The number of ketones is 1. The van der Waals surface area contributed by atoms with Gasteiger partial charge in [-0.05, 0) is 43.0 Å². The third kappa shape index (κ3) is 3.58. The third-order valence-corrected chi connectivity index (χ3v) is 5.94. The van der Waals surface area contributed by atoms with Gasteiger partial charge in [0, 0.05) is 29.3 Å². The standard InChI is InChI=1S/C25H23NO5/c1-15-22(25(28)29-13-16-6-3-2-4-7-16)23(24-18(26-15)8-5-9-19(24)27)17-10-11-20-21(12-17)31-14-30-20/h2-4,6-7,10-12,23,26H,5,8-9,13-14H2,1H3/t23-/m0/s1. The van der Waals surface area contributed by atoms with Crippen LogP contribution in [-0.4, -0.2) is 18.5 Å². The molecule has 0 saturated heterocycles. The van der Waals surface area contributed by atoms with Crippen molar-refractivity contribution in [3.05, 3.63) is 82.2 Å². The van der Waals surface area contributed by atoms with Crippen molar-refractivity contribution in [1.29, 1.82) is 0 Å². The number of Topliss-reactive ketones (excluding diaryl/α,β-unsaturated/α-hetero) is 1. The lowest BCUT2D eigenvalue weighted by atomic mass is 9.75. The lowest BCUT2D eigenvalue weighted by Gasteiger charge is -2.34. The molecule has 0 saturated carbocycles. The molecule has 158 valence electrons. The number of hydrogen-bond acceptors (Lipinski definition) is 6. The molecular formula is C25H23NO5. The number of carbonyl (C=O) groups excluding carboxylic acids is 2. The number of fused-ring (bicyclic) bond motifs is 1. The zero-order valence-electron chi connectivity index (χ0n) is 17.3. The molecule has 0 radical (unpaired) electrons. The van der Waals surface area contributed by atoms with E-state index in [9.17, 15) is 9.59 Å². The first-order valence-electron chi connectivity index (χ1n) is 10.5. The van der Waals surface area contributed by atoms with Gasteiger partial charge in [0.1, 0.15) is 6.61 Å². The fourth-order valence-corrected chi connectivity index (χ4v) is 4.48. The van der Waals surface area contributed by atoms with Crippen molar-refractivity contribution < 1.29 is 23.8 Å². The highest BCUT2D eigenvalue weighted by Gasteiger charge is 2.39. The monoisotopic (exact) mass is 417 g/mol. The van der Waals surface area contributed by atoms with Gasteiger partial charge in [-0.2, -0.15) is 0 Å². The summed E-state index contributed by atoms with van der Waals surface area (Å²) in [4.78, 5) is 26.2. The Balaban J connectivity index is 1.53. The van der Waals surface area contributed by atoms with Gasteiger partial charge in [0.15, 0.2) is 17.3 Å². The van der Waals surface area contributed by atoms with E-state index in [4.69, 9.17) is 14.2 Å². The van der Waals surface area contributed by atoms with E-state index in [1.54, 1.807) is 0 Å². The van der Waals surface area contributed by atoms with Gasteiger partial charge < -0.3 is 19.5 Å². The largest absolute Gasteiger partial charge is 0.457 e. The highest BCUT2D eigenvalue weighted by atomic mass is 16.7. The van der Waals surface area contributed by atoms with Crippen LogP contribution in [0.3, 0.4) is 0 Å². The van der Waals surface area contributed by atoms with E-state index in [1.807, 2.05) is 55.5 Å². The lowest BCUT2D eigenvalue weighted by Crippen LogP contribution is -2.34. The normalized spacial score (nSPS) is 19.8. The van der Waals surface area contributed by atoms with E-state index in [2.05, 4.69) is 5.32 Å². The lowest BCUT2D eigenvalue weighted by molar-refractivity contribution is -0.140. The second-order valence-corrected chi connectivity index (χ2v) is 7.94. The Bertz CT molecular complexity index is 1120. The highest BCUT2D eigenvalue weighted by Crippen LogP contribution is 2.45. The molecule has 0 bridgehead atoms. The van der Waals surface area contributed by atoms with Crippen LogP contribution >= 0.6 is 0 Å². The maximum atomic E-state index is 13.3. The maximum Gasteiger partial charge on any atom is 0.337 e. The van der Waals surface area contributed by atoms with Crippen LogP contribution in [0.5, 0.6) is 11.5 Å².